The third-order valence-corrected chi connectivity index (χ3v) is 5.01. The van der Waals surface area contributed by atoms with Crippen LogP contribution >= 0.6 is 11.3 Å². The molecule has 0 aliphatic heterocycles. The van der Waals surface area contributed by atoms with Crippen molar-refractivity contribution in [3.63, 3.8) is 0 Å². The second-order valence-electron chi connectivity index (χ2n) is 4.71. The number of sulfonamides is 1. The van der Waals surface area contributed by atoms with Crippen LogP contribution in [0.4, 0.5) is 0 Å². The molecule has 0 bridgehead atoms. The van der Waals surface area contributed by atoms with Crippen LogP contribution in [-0.4, -0.2) is 26.4 Å². The fraction of sp³-hybridized carbons (Fsp3) is 0.286. The van der Waals surface area contributed by atoms with E-state index < -0.39 is 15.9 Å². The van der Waals surface area contributed by atoms with E-state index in [9.17, 15) is 13.2 Å². The maximum atomic E-state index is 12.5. The van der Waals surface area contributed by atoms with Crippen LogP contribution in [0.25, 0.3) is 0 Å². The summed E-state index contributed by atoms with van der Waals surface area (Å²) in [6.45, 7) is 1.92. The molecular formula is C14H17N3O4S2. The molecule has 1 amide bonds. The summed E-state index contributed by atoms with van der Waals surface area (Å²) in [5.74, 6) is -0.182. The highest BCUT2D eigenvalue weighted by Gasteiger charge is 2.21. The van der Waals surface area contributed by atoms with Crippen molar-refractivity contribution in [2.75, 3.05) is 7.11 Å². The molecule has 1 aromatic carbocycles. The molecule has 0 radical (unpaired) electrons. The molecule has 23 heavy (non-hydrogen) atoms. The number of amides is 1. The van der Waals surface area contributed by atoms with E-state index in [0.717, 1.165) is 5.01 Å². The van der Waals surface area contributed by atoms with Crippen LogP contribution in [0.3, 0.4) is 0 Å². The van der Waals surface area contributed by atoms with Crippen LogP contribution in [0.5, 0.6) is 5.75 Å². The lowest BCUT2D eigenvalue weighted by Gasteiger charge is -2.16. The number of nitrogens with two attached hydrogens (primary N) is 1. The minimum Gasteiger partial charge on any atom is -0.496 e. The molecule has 1 aromatic heterocycles. The first-order chi connectivity index (χ1) is 10.9. The van der Waals surface area contributed by atoms with Gasteiger partial charge in [0.2, 0.25) is 10.0 Å². The fourth-order valence-electron chi connectivity index (χ4n) is 2.02. The molecule has 0 aliphatic rings. The van der Waals surface area contributed by atoms with Crippen molar-refractivity contribution in [2.24, 2.45) is 5.14 Å². The van der Waals surface area contributed by atoms with Gasteiger partial charge in [-0.3, -0.25) is 4.79 Å². The quantitative estimate of drug-likeness (QED) is 0.819. The molecule has 2 rings (SSSR count). The van der Waals surface area contributed by atoms with Gasteiger partial charge in [-0.15, -0.1) is 11.3 Å². The number of primary sulfonamides is 1. The number of ether oxygens (including phenoxy) is 1. The number of aromatic nitrogens is 1. The van der Waals surface area contributed by atoms with Crippen molar-refractivity contribution in [3.8, 4) is 5.75 Å². The Hall–Kier alpha value is -1.97. The van der Waals surface area contributed by atoms with Gasteiger partial charge in [0.05, 0.1) is 23.6 Å². The van der Waals surface area contributed by atoms with Gasteiger partial charge in [0.15, 0.2) is 0 Å². The Bertz CT molecular complexity index is 788. The Labute approximate surface area is 138 Å². The molecule has 2 aromatic rings. The molecular weight excluding hydrogens is 338 g/mol. The second-order valence-corrected chi connectivity index (χ2v) is 7.20. The van der Waals surface area contributed by atoms with Gasteiger partial charge in [0.1, 0.15) is 10.8 Å². The van der Waals surface area contributed by atoms with Crippen LogP contribution in [0.1, 0.15) is 34.8 Å². The summed E-state index contributed by atoms with van der Waals surface area (Å²) in [4.78, 5) is 16.6. The topological polar surface area (TPSA) is 111 Å². The average molecular weight is 355 g/mol. The normalized spacial score (nSPS) is 12.7. The van der Waals surface area contributed by atoms with Crippen LogP contribution in [0.2, 0.25) is 0 Å². The Morgan fingerprint density at radius 1 is 1.48 bits per heavy atom. The van der Waals surface area contributed by atoms with Crippen molar-refractivity contribution in [1.29, 1.82) is 0 Å². The Morgan fingerprint density at radius 3 is 2.74 bits per heavy atom. The minimum absolute atomic E-state index is 0.106. The van der Waals surface area contributed by atoms with Crippen molar-refractivity contribution < 1.29 is 17.9 Å². The van der Waals surface area contributed by atoms with Gasteiger partial charge < -0.3 is 10.1 Å². The smallest absolute Gasteiger partial charge is 0.255 e. The number of thiazole rings is 1. The number of hydrogen-bond donors (Lipinski definition) is 2. The number of nitrogens with zero attached hydrogens (tertiary/aromatic N) is 1. The van der Waals surface area contributed by atoms with Crippen molar-refractivity contribution in [3.05, 3.63) is 40.3 Å². The number of carbonyl (C=O) groups excluding carboxylic acids is 1. The van der Waals surface area contributed by atoms with E-state index in [1.54, 1.807) is 6.20 Å². The zero-order valence-electron chi connectivity index (χ0n) is 12.6. The molecule has 0 saturated carbocycles. The number of carbonyl (C=O) groups is 1. The molecule has 0 aliphatic carbocycles. The lowest BCUT2D eigenvalue weighted by molar-refractivity contribution is 0.0932. The third-order valence-electron chi connectivity index (χ3n) is 3.21. The maximum Gasteiger partial charge on any atom is 0.255 e. The number of nitrogens with one attached hydrogen (secondary N) is 1. The summed E-state index contributed by atoms with van der Waals surface area (Å²) in [5.41, 5.74) is 0.106. The number of hydrogen-bond acceptors (Lipinski definition) is 6. The van der Waals surface area contributed by atoms with E-state index in [1.165, 1.54) is 36.6 Å². The molecule has 124 valence electrons. The summed E-state index contributed by atoms with van der Waals surface area (Å²) in [5, 5.41) is 10.6. The first-order valence-electron chi connectivity index (χ1n) is 6.78. The van der Waals surface area contributed by atoms with E-state index in [4.69, 9.17) is 9.88 Å². The number of benzene rings is 1. The molecule has 9 heteroatoms. The summed E-state index contributed by atoms with van der Waals surface area (Å²) >= 11 is 1.44. The van der Waals surface area contributed by atoms with Crippen LogP contribution < -0.4 is 15.2 Å². The van der Waals surface area contributed by atoms with E-state index >= 15 is 0 Å². The molecule has 0 unspecified atom stereocenters. The van der Waals surface area contributed by atoms with Gasteiger partial charge in [-0.2, -0.15) is 0 Å². The van der Waals surface area contributed by atoms with Gasteiger partial charge >= 0.3 is 0 Å². The highest BCUT2D eigenvalue weighted by molar-refractivity contribution is 7.89. The van der Waals surface area contributed by atoms with Crippen molar-refractivity contribution in [1.82, 2.24) is 10.3 Å². The zero-order chi connectivity index (χ0) is 17.0. The molecule has 1 heterocycles. The fourth-order valence-corrected chi connectivity index (χ4v) is 3.34. The highest BCUT2D eigenvalue weighted by atomic mass is 32.2. The summed E-state index contributed by atoms with van der Waals surface area (Å²) in [7, 11) is -2.50. The summed E-state index contributed by atoms with van der Waals surface area (Å²) in [6, 6.07) is 3.64. The molecule has 0 saturated heterocycles. The molecule has 3 N–H and O–H groups in total. The Balaban J connectivity index is 2.34. The van der Waals surface area contributed by atoms with E-state index in [2.05, 4.69) is 10.3 Å². The number of rotatable bonds is 6. The highest BCUT2D eigenvalue weighted by Crippen LogP contribution is 2.24. The van der Waals surface area contributed by atoms with Gasteiger partial charge in [0, 0.05) is 11.6 Å². The molecule has 1 atom stereocenters. The van der Waals surface area contributed by atoms with Crippen molar-refractivity contribution in [2.45, 2.75) is 24.3 Å². The standard InChI is InChI=1S/C14H17N3O4S2/c1-3-11(14-16-6-7-22-14)17-13(18)10-8-9(23(15,19)20)4-5-12(10)21-2/h4-8,11H,3H2,1-2H3,(H,17,18)(H2,15,19,20)/t11-/m1/s1. The second kappa shape index (κ2) is 7.07. The van der Waals surface area contributed by atoms with Gasteiger partial charge in [-0.25, -0.2) is 18.5 Å². The molecule has 7 nitrogen and oxygen atoms in total. The predicted octanol–water partition coefficient (Wildman–Crippen LogP) is 1.68. The average Bonchev–Trinajstić information content (AvgIpc) is 3.05. The Morgan fingerprint density at radius 2 is 2.22 bits per heavy atom. The van der Waals surface area contributed by atoms with Crippen molar-refractivity contribution >= 4 is 27.3 Å². The third kappa shape index (κ3) is 4.06. The molecule has 0 fully saturated rings. The summed E-state index contributed by atoms with van der Waals surface area (Å²) in [6.07, 6.45) is 2.31. The van der Waals surface area contributed by atoms with E-state index in [-0.39, 0.29) is 22.3 Å². The lowest BCUT2D eigenvalue weighted by Crippen LogP contribution is -2.28. The van der Waals surface area contributed by atoms with Gasteiger partial charge in [0.25, 0.3) is 5.91 Å². The minimum atomic E-state index is -3.91. The first kappa shape index (κ1) is 17.4. The first-order valence-corrected chi connectivity index (χ1v) is 9.20. The molecule has 0 spiro atoms. The largest absolute Gasteiger partial charge is 0.496 e. The lowest BCUT2D eigenvalue weighted by atomic mass is 10.1. The van der Waals surface area contributed by atoms with E-state index in [0.29, 0.717) is 6.42 Å². The van der Waals surface area contributed by atoms with Gasteiger partial charge in [-0.05, 0) is 24.6 Å². The summed E-state index contributed by atoms with van der Waals surface area (Å²) < 4.78 is 28.1. The van der Waals surface area contributed by atoms with Crippen LogP contribution in [0.15, 0.2) is 34.7 Å². The maximum absolute atomic E-state index is 12.5. The van der Waals surface area contributed by atoms with Gasteiger partial charge in [-0.1, -0.05) is 6.92 Å². The van der Waals surface area contributed by atoms with E-state index in [1.807, 2.05) is 12.3 Å². The SMILES string of the molecule is CC[C@@H](NC(=O)c1cc(S(N)(=O)=O)ccc1OC)c1nccs1. The van der Waals surface area contributed by atoms with Crippen LogP contribution in [-0.2, 0) is 10.0 Å². The predicted molar refractivity (Wildman–Crippen MR) is 87.0 cm³/mol. The zero-order valence-corrected chi connectivity index (χ0v) is 14.3. The Kier molecular flexibility index (Phi) is 5.34. The van der Waals surface area contributed by atoms with Crippen LogP contribution in [0, 0.1) is 0 Å². The number of methoxy groups -OCH3 is 1. The monoisotopic (exact) mass is 355 g/mol.